The number of thioether (sulfide) groups is 1. The highest BCUT2D eigenvalue weighted by Gasteiger charge is 2.37. The lowest BCUT2D eigenvalue weighted by Crippen LogP contribution is -2.36. The molecule has 3 N–H and O–H groups in total. The third-order valence-corrected chi connectivity index (χ3v) is 7.50. The summed E-state index contributed by atoms with van der Waals surface area (Å²) in [5.74, 6) is -0.673. The van der Waals surface area contributed by atoms with Crippen molar-refractivity contribution >= 4 is 17.7 Å². The van der Waals surface area contributed by atoms with Gasteiger partial charge in [0.1, 0.15) is 6.04 Å². The van der Waals surface area contributed by atoms with Crippen molar-refractivity contribution in [1.29, 1.82) is 0 Å². The maximum atomic E-state index is 11.5. The molecule has 0 amide bonds. The van der Waals surface area contributed by atoms with Gasteiger partial charge in [-0.15, -0.1) is 11.8 Å². The van der Waals surface area contributed by atoms with Gasteiger partial charge < -0.3 is 10.8 Å². The van der Waals surface area contributed by atoms with E-state index in [9.17, 15) is 9.90 Å². The minimum Gasteiger partial charge on any atom is -0.480 e. The van der Waals surface area contributed by atoms with Crippen LogP contribution >= 0.6 is 11.8 Å². The second-order valence-corrected chi connectivity index (χ2v) is 9.41. The number of hydrogen-bond donors (Lipinski definition) is 2. The first-order valence-corrected chi connectivity index (χ1v) is 12.4. The van der Waals surface area contributed by atoms with Crippen LogP contribution in [-0.2, 0) is 16.0 Å². The Labute approximate surface area is 196 Å². The van der Waals surface area contributed by atoms with Gasteiger partial charge in [0.15, 0.2) is 0 Å². The van der Waals surface area contributed by atoms with Gasteiger partial charge in [-0.2, -0.15) is 0 Å². The fourth-order valence-corrected chi connectivity index (χ4v) is 5.52. The molecule has 0 unspecified atom stereocenters. The van der Waals surface area contributed by atoms with Crippen LogP contribution in [0.25, 0.3) is 0 Å². The largest absolute Gasteiger partial charge is 0.480 e. The SMILES string of the molecule is CCCCCCc1ccc(C(SC[C@H](N)C(=O)O)(c2ccccc2)c2ccccc2)cc1. The number of rotatable bonds is 12. The van der Waals surface area contributed by atoms with Crippen molar-refractivity contribution in [3.05, 3.63) is 107 Å². The number of hydrogen-bond acceptors (Lipinski definition) is 3. The summed E-state index contributed by atoms with van der Waals surface area (Å²) in [7, 11) is 0. The minimum absolute atomic E-state index is 0.303. The summed E-state index contributed by atoms with van der Waals surface area (Å²) in [5, 5.41) is 9.41. The molecule has 3 aromatic carbocycles. The summed E-state index contributed by atoms with van der Waals surface area (Å²) < 4.78 is -0.545. The van der Waals surface area contributed by atoms with Crippen molar-refractivity contribution in [2.45, 2.75) is 49.8 Å². The average Bonchev–Trinajstić information content (AvgIpc) is 2.84. The molecule has 0 spiro atoms. The zero-order chi connectivity index (χ0) is 22.8. The van der Waals surface area contributed by atoms with E-state index in [1.165, 1.54) is 31.2 Å². The maximum absolute atomic E-state index is 11.5. The molecule has 0 aromatic heterocycles. The van der Waals surface area contributed by atoms with Gasteiger partial charge in [-0.25, -0.2) is 0 Å². The molecule has 32 heavy (non-hydrogen) atoms. The Morgan fingerprint density at radius 3 is 1.88 bits per heavy atom. The molecule has 0 saturated carbocycles. The van der Waals surface area contributed by atoms with E-state index in [-0.39, 0.29) is 0 Å². The molecule has 0 aliphatic carbocycles. The van der Waals surface area contributed by atoms with Crippen LogP contribution < -0.4 is 5.73 Å². The first-order valence-electron chi connectivity index (χ1n) is 11.4. The first-order chi connectivity index (χ1) is 15.6. The summed E-state index contributed by atoms with van der Waals surface area (Å²) in [4.78, 5) is 11.5. The standard InChI is InChI=1S/C28H33NO2S/c1-2-3-4-7-12-22-17-19-25(20-18-22)28(23-13-8-5-9-14-23,24-15-10-6-11-16-24)32-21-26(29)27(30)31/h5-6,8-11,13-20,26H,2-4,7,12,21,29H2,1H3,(H,30,31)/t26-/m0/s1. The number of carboxylic acid groups (broad SMARTS) is 1. The van der Waals surface area contributed by atoms with Crippen LogP contribution in [0.5, 0.6) is 0 Å². The fourth-order valence-electron chi connectivity index (χ4n) is 4.04. The Hall–Kier alpha value is -2.56. The molecule has 3 rings (SSSR count). The Morgan fingerprint density at radius 2 is 1.38 bits per heavy atom. The normalized spacial score (nSPS) is 12.4. The second kappa shape index (κ2) is 11.9. The quantitative estimate of drug-likeness (QED) is 0.255. The van der Waals surface area contributed by atoms with Gasteiger partial charge in [-0.05, 0) is 35.1 Å². The zero-order valence-corrected chi connectivity index (χ0v) is 19.6. The highest BCUT2D eigenvalue weighted by molar-refractivity contribution is 8.00. The molecule has 0 fully saturated rings. The van der Waals surface area contributed by atoms with Gasteiger partial charge in [0.05, 0.1) is 4.75 Å². The number of aryl methyl sites for hydroxylation is 1. The Bertz CT molecular complexity index is 918. The van der Waals surface area contributed by atoms with Gasteiger partial charge in [-0.1, -0.05) is 111 Å². The van der Waals surface area contributed by atoms with Crippen LogP contribution in [0.15, 0.2) is 84.9 Å². The molecule has 168 valence electrons. The number of nitrogens with two attached hydrogens (primary N) is 1. The van der Waals surface area contributed by atoms with Crippen LogP contribution in [0.4, 0.5) is 0 Å². The van der Waals surface area contributed by atoms with Gasteiger partial charge >= 0.3 is 5.97 Å². The zero-order valence-electron chi connectivity index (χ0n) is 18.7. The van der Waals surface area contributed by atoms with E-state index in [2.05, 4.69) is 55.5 Å². The number of unbranched alkanes of at least 4 members (excludes halogenated alkanes) is 3. The Kier molecular flexibility index (Phi) is 8.95. The lowest BCUT2D eigenvalue weighted by molar-refractivity contribution is -0.137. The van der Waals surface area contributed by atoms with Crippen LogP contribution in [0.2, 0.25) is 0 Å². The van der Waals surface area contributed by atoms with Gasteiger partial charge in [-0.3, -0.25) is 4.79 Å². The van der Waals surface area contributed by atoms with Crippen LogP contribution in [0.1, 0.15) is 54.9 Å². The Balaban J connectivity index is 2.03. The molecule has 0 bridgehead atoms. The minimum atomic E-state index is -0.977. The molecule has 0 saturated heterocycles. The van der Waals surface area contributed by atoms with Crippen LogP contribution in [0.3, 0.4) is 0 Å². The third-order valence-electron chi connectivity index (χ3n) is 5.84. The fraction of sp³-hybridized carbons (Fsp3) is 0.321. The second-order valence-electron chi connectivity index (χ2n) is 8.18. The van der Waals surface area contributed by atoms with Crippen molar-refractivity contribution in [2.24, 2.45) is 5.73 Å². The highest BCUT2D eigenvalue weighted by atomic mass is 32.2. The molecule has 1 atom stereocenters. The highest BCUT2D eigenvalue weighted by Crippen LogP contribution is 2.48. The van der Waals surface area contributed by atoms with Crippen molar-refractivity contribution in [3.63, 3.8) is 0 Å². The maximum Gasteiger partial charge on any atom is 0.321 e. The summed E-state index contributed by atoms with van der Waals surface area (Å²) >= 11 is 1.59. The Morgan fingerprint density at radius 1 is 0.844 bits per heavy atom. The van der Waals surface area contributed by atoms with Crippen molar-refractivity contribution in [2.75, 3.05) is 5.75 Å². The van der Waals surface area contributed by atoms with E-state index >= 15 is 0 Å². The summed E-state index contributed by atoms with van der Waals surface area (Å²) in [5.41, 5.74) is 10.6. The van der Waals surface area contributed by atoms with Crippen molar-refractivity contribution in [1.82, 2.24) is 0 Å². The molecule has 0 aliphatic heterocycles. The lowest BCUT2D eigenvalue weighted by Gasteiger charge is -2.36. The van der Waals surface area contributed by atoms with Crippen molar-refractivity contribution in [3.8, 4) is 0 Å². The first kappa shape index (κ1) is 24.1. The van der Waals surface area contributed by atoms with E-state index in [4.69, 9.17) is 5.73 Å². The summed E-state index contributed by atoms with van der Waals surface area (Å²) in [6.45, 7) is 2.23. The van der Waals surface area contributed by atoms with E-state index in [1.54, 1.807) is 11.8 Å². The smallest absolute Gasteiger partial charge is 0.321 e. The topological polar surface area (TPSA) is 63.3 Å². The monoisotopic (exact) mass is 447 g/mol. The molecule has 3 aromatic rings. The molecule has 4 heteroatoms. The predicted octanol–water partition coefficient (Wildman–Crippen LogP) is 6.25. The molecular formula is C28H33NO2S. The average molecular weight is 448 g/mol. The number of aliphatic carboxylic acids is 1. The van der Waals surface area contributed by atoms with E-state index in [0.29, 0.717) is 5.75 Å². The molecule has 0 aliphatic rings. The summed E-state index contributed by atoms with van der Waals surface area (Å²) in [6, 6.07) is 28.5. The van der Waals surface area contributed by atoms with Gasteiger partial charge in [0, 0.05) is 5.75 Å². The van der Waals surface area contributed by atoms with Crippen LogP contribution in [0, 0.1) is 0 Å². The van der Waals surface area contributed by atoms with E-state index in [0.717, 1.165) is 23.1 Å². The number of carbonyl (C=O) groups is 1. The van der Waals surface area contributed by atoms with E-state index < -0.39 is 16.8 Å². The van der Waals surface area contributed by atoms with Crippen LogP contribution in [-0.4, -0.2) is 22.9 Å². The van der Waals surface area contributed by atoms with E-state index in [1.807, 2.05) is 36.4 Å². The molecule has 0 heterocycles. The van der Waals surface area contributed by atoms with Crippen molar-refractivity contribution < 1.29 is 9.90 Å². The number of benzene rings is 3. The number of carboxylic acids is 1. The molecule has 0 radical (unpaired) electrons. The van der Waals surface area contributed by atoms with Gasteiger partial charge in [0.2, 0.25) is 0 Å². The van der Waals surface area contributed by atoms with Gasteiger partial charge in [0.25, 0.3) is 0 Å². The predicted molar refractivity (Wildman–Crippen MR) is 135 cm³/mol. The molecule has 3 nitrogen and oxygen atoms in total. The third kappa shape index (κ3) is 5.81. The molecular weight excluding hydrogens is 414 g/mol. The lowest BCUT2D eigenvalue weighted by atomic mass is 9.83. The summed E-state index contributed by atoms with van der Waals surface area (Å²) in [6.07, 6.45) is 6.08.